The Balaban J connectivity index is 1.77. The van der Waals surface area contributed by atoms with Crippen LogP contribution in [0, 0.1) is 0 Å². The molecule has 112 valence electrons. The molecule has 0 amide bonds. The van der Waals surface area contributed by atoms with E-state index >= 15 is 0 Å². The minimum Gasteiger partial charge on any atom is -0.435 e. The predicted octanol–water partition coefficient (Wildman–Crippen LogP) is 5.05. The number of hydrogen-bond acceptors (Lipinski definition) is 2. The summed E-state index contributed by atoms with van der Waals surface area (Å²) in [7, 11) is 0. The molecular weight excluding hydrogens is 284 g/mol. The molecule has 0 radical (unpaired) electrons. The van der Waals surface area contributed by atoms with Gasteiger partial charge in [0, 0.05) is 18.3 Å². The molecule has 3 rings (SSSR count). The Morgan fingerprint density at radius 3 is 2.55 bits per heavy atom. The number of nitrogens with one attached hydrogen (secondary N) is 1. The van der Waals surface area contributed by atoms with Crippen molar-refractivity contribution in [3.8, 4) is 5.75 Å². The van der Waals surface area contributed by atoms with E-state index in [-0.39, 0.29) is 5.75 Å². The van der Waals surface area contributed by atoms with Crippen molar-refractivity contribution in [2.75, 3.05) is 5.32 Å². The van der Waals surface area contributed by atoms with E-state index in [1.54, 1.807) is 12.1 Å². The summed E-state index contributed by atoms with van der Waals surface area (Å²) < 4.78 is 28.9. The van der Waals surface area contributed by atoms with Crippen LogP contribution >= 0.6 is 0 Å². The molecule has 0 heterocycles. The Bertz CT molecular complexity index is 768. The maximum absolute atomic E-state index is 12.2. The summed E-state index contributed by atoms with van der Waals surface area (Å²) in [5.74, 6) is 0.151. The third kappa shape index (κ3) is 3.34. The molecule has 0 atom stereocenters. The van der Waals surface area contributed by atoms with Gasteiger partial charge in [0.15, 0.2) is 0 Å². The van der Waals surface area contributed by atoms with E-state index in [0.29, 0.717) is 6.54 Å². The van der Waals surface area contributed by atoms with Crippen molar-refractivity contribution in [1.82, 2.24) is 0 Å². The van der Waals surface area contributed by atoms with Crippen LogP contribution in [0.2, 0.25) is 0 Å². The van der Waals surface area contributed by atoms with Gasteiger partial charge in [-0.3, -0.25) is 0 Å². The summed E-state index contributed by atoms with van der Waals surface area (Å²) in [4.78, 5) is 0. The van der Waals surface area contributed by atoms with Gasteiger partial charge in [0.2, 0.25) is 0 Å². The van der Waals surface area contributed by atoms with Gasteiger partial charge in [-0.25, -0.2) is 0 Å². The van der Waals surface area contributed by atoms with Crippen LogP contribution in [0.4, 0.5) is 14.5 Å². The highest BCUT2D eigenvalue weighted by Crippen LogP contribution is 2.22. The lowest BCUT2D eigenvalue weighted by Gasteiger charge is -2.11. The average molecular weight is 299 g/mol. The summed E-state index contributed by atoms with van der Waals surface area (Å²) in [5.41, 5.74) is 1.89. The van der Waals surface area contributed by atoms with Crippen LogP contribution in [0.15, 0.2) is 66.7 Å². The number of halogens is 2. The molecule has 0 aliphatic carbocycles. The first-order valence-electron chi connectivity index (χ1n) is 6.98. The Labute approximate surface area is 127 Å². The minimum atomic E-state index is -2.81. The molecule has 1 N–H and O–H groups in total. The van der Waals surface area contributed by atoms with E-state index in [4.69, 9.17) is 0 Å². The molecule has 0 aromatic heterocycles. The first-order chi connectivity index (χ1) is 10.7. The number of ether oxygens (including phenoxy) is 1. The normalized spacial score (nSPS) is 10.9. The number of rotatable bonds is 5. The lowest BCUT2D eigenvalue weighted by atomic mass is 10.0. The Morgan fingerprint density at radius 1 is 0.909 bits per heavy atom. The topological polar surface area (TPSA) is 21.3 Å². The van der Waals surface area contributed by atoms with Crippen molar-refractivity contribution in [3.63, 3.8) is 0 Å². The zero-order chi connectivity index (χ0) is 15.4. The van der Waals surface area contributed by atoms with Gasteiger partial charge in [-0.05, 0) is 28.5 Å². The number of anilines is 1. The standard InChI is InChI=1S/C18H15F2NO/c19-18(20)22-16-9-4-8-15(11-16)21-12-14-7-3-6-13-5-1-2-10-17(13)14/h1-11,18,21H,12H2. The van der Waals surface area contributed by atoms with Crippen molar-refractivity contribution in [1.29, 1.82) is 0 Å². The van der Waals surface area contributed by atoms with Crippen molar-refractivity contribution in [3.05, 3.63) is 72.3 Å². The van der Waals surface area contributed by atoms with Crippen LogP contribution in [0.5, 0.6) is 5.75 Å². The van der Waals surface area contributed by atoms with Gasteiger partial charge in [-0.1, -0.05) is 48.5 Å². The molecular formula is C18H15F2NO. The quantitative estimate of drug-likeness (QED) is 0.711. The van der Waals surface area contributed by atoms with E-state index < -0.39 is 6.61 Å². The molecule has 3 aromatic rings. The van der Waals surface area contributed by atoms with E-state index in [2.05, 4.69) is 34.3 Å². The van der Waals surface area contributed by atoms with Crippen molar-refractivity contribution in [2.45, 2.75) is 13.2 Å². The fourth-order valence-electron chi connectivity index (χ4n) is 2.43. The second-order valence-electron chi connectivity index (χ2n) is 4.90. The van der Waals surface area contributed by atoms with Crippen LogP contribution in [0.25, 0.3) is 10.8 Å². The molecule has 0 aliphatic rings. The summed E-state index contributed by atoms with van der Waals surface area (Å²) >= 11 is 0. The number of fused-ring (bicyclic) bond motifs is 1. The molecule has 22 heavy (non-hydrogen) atoms. The summed E-state index contributed by atoms with van der Waals surface area (Å²) in [6.45, 7) is -2.20. The molecule has 0 spiro atoms. The second-order valence-corrected chi connectivity index (χ2v) is 4.90. The van der Waals surface area contributed by atoms with Crippen LogP contribution < -0.4 is 10.1 Å². The molecule has 0 unspecified atom stereocenters. The van der Waals surface area contributed by atoms with Gasteiger partial charge in [0.1, 0.15) is 5.75 Å². The van der Waals surface area contributed by atoms with Crippen molar-refractivity contribution < 1.29 is 13.5 Å². The molecule has 2 nitrogen and oxygen atoms in total. The minimum absolute atomic E-state index is 0.151. The van der Waals surface area contributed by atoms with Crippen LogP contribution in [0.1, 0.15) is 5.56 Å². The maximum atomic E-state index is 12.2. The Hall–Kier alpha value is -2.62. The van der Waals surface area contributed by atoms with Crippen LogP contribution in [0.3, 0.4) is 0 Å². The summed E-state index contributed by atoms with van der Waals surface area (Å²) in [5, 5.41) is 5.60. The number of alkyl halides is 2. The first-order valence-corrected chi connectivity index (χ1v) is 6.98. The van der Waals surface area contributed by atoms with E-state index in [1.807, 2.05) is 24.3 Å². The summed E-state index contributed by atoms with van der Waals surface area (Å²) in [6.07, 6.45) is 0. The monoisotopic (exact) mass is 299 g/mol. The predicted molar refractivity (Wildman–Crippen MR) is 84.3 cm³/mol. The Morgan fingerprint density at radius 2 is 1.68 bits per heavy atom. The fraction of sp³-hybridized carbons (Fsp3) is 0.111. The zero-order valence-electron chi connectivity index (χ0n) is 11.8. The lowest BCUT2D eigenvalue weighted by Crippen LogP contribution is -2.03. The smallest absolute Gasteiger partial charge is 0.387 e. The number of hydrogen-bond donors (Lipinski definition) is 1. The summed E-state index contributed by atoms with van der Waals surface area (Å²) in [6, 6.07) is 20.9. The first kappa shape index (κ1) is 14.3. The molecule has 0 aliphatic heterocycles. The Kier molecular flexibility index (Phi) is 4.19. The molecule has 0 bridgehead atoms. The molecule has 0 saturated heterocycles. The largest absolute Gasteiger partial charge is 0.435 e. The average Bonchev–Trinajstić information content (AvgIpc) is 2.52. The highest BCUT2D eigenvalue weighted by atomic mass is 19.3. The highest BCUT2D eigenvalue weighted by Gasteiger charge is 2.05. The maximum Gasteiger partial charge on any atom is 0.387 e. The SMILES string of the molecule is FC(F)Oc1cccc(NCc2cccc3ccccc23)c1. The third-order valence-electron chi connectivity index (χ3n) is 3.42. The third-order valence-corrected chi connectivity index (χ3v) is 3.42. The molecule has 0 saturated carbocycles. The van der Waals surface area contributed by atoms with Gasteiger partial charge >= 0.3 is 6.61 Å². The van der Waals surface area contributed by atoms with Gasteiger partial charge in [-0.15, -0.1) is 0 Å². The van der Waals surface area contributed by atoms with E-state index in [9.17, 15) is 8.78 Å². The van der Waals surface area contributed by atoms with E-state index in [1.165, 1.54) is 16.8 Å². The number of benzene rings is 3. The fourth-order valence-corrected chi connectivity index (χ4v) is 2.43. The van der Waals surface area contributed by atoms with Crippen LogP contribution in [-0.4, -0.2) is 6.61 Å². The lowest BCUT2D eigenvalue weighted by molar-refractivity contribution is -0.0498. The van der Waals surface area contributed by atoms with Crippen molar-refractivity contribution in [2.24, 2.45) is 0 Å². The highest BCUT2D eigenvalue weighted by molar-refractivity contribution is 5.85. The van der Waals surface area contributed by atoms with E-state index in [0.717, 1.165) is 11.3 Å². The molecule has 0 fully saturated rings. The zero-order valence-corrected chi connectivity index (χ0v) is 11.8. The van der Waals surface area contributed by atoms with Gasteiger partial charge in [0.05, 0.1) is 0 Å². The molecule has 3 aromatic carbocycles. The van der Waals surface area contributed by atoms with Crippen LogP contribution in [-0.2, 0) is 6.54 Å². The van der Waals surface area contributed by atoms with Gasteiger partial charge in [-0.2, -0.15) is 8.78 Å². The van der Waals surface area contributed by atoms with Gasteiger partial charge in [0.25, 0.3) is 0 Å². The molecule has 4 heteroatoms. The van der Waals surface area contributed by atoms with Crippen molar-refractivity contribution >= 4 is 16.5 Å². The van der Waals surface area contributed by atoms with Gasteiger partial charge < -0.3 is 10.1 Å². The second kappa shape index (κ2) is 6.43.